The lowest BCUT2D eigenvalue weighted by atomic mass is 9.83. The molecule has 1 aromatic carbocycles. The number of ether oxygens (including phenoxy) is 1. The summed E-state index contributed by atoms with van der Waals surface area (Å²) in [4.78, 5) is 0. The Hall–Kier alpha value is -0.540. The molecule has 1 spiro atoms. The van der Waals surface area contributed by atoms with Gasteiger partial charge in [-0.2, -0.15) is 0 Å². The highest BCUT2D eigenvalue weighted by atomic mass is 79.9. The molecule has 1 unspecified atom stereocenters. The van der Waals surface area contributed by atoms with Crippen LogP contribution in [-0.4, -0.2) is 10.7 Å². The van der Waals surface area contributed by atoms with Crippen molar-refractivity contribution in [3.63, 3.8) is 0 Å². The first-order valence-electron chi connectivity index (χ1n) is 6.56. The van der Waals surface area contributed by atoms with Crippen LogP contribution in [0.1, 0.15) is 51.2 Å². The fourth-order valence-corrected chi connectivity index (χ4v) is 3.87. The molecule has 98 valence electrons. The molecule has 2 aliphatic rings. The van der Waals surface area contributed by atoms with Crippen LogP contribution >= 0.6 is 15.9 Å². The molecule has 2 nitrogen and oxygen atoms in total. The second kappa shape index (κ2) is 3.97. The van der Waals surface area contributed by atoms with E-state index in [2.05, 4.69) is 29.8 Å². The largest absolute Gasteiger partial charge is 0.487 e. The number of rotatable bonds is 0. The van der Waals surface area contributed by atoms with E-state index < -0.39 is 6.10 Å². The lowest BCUT2D eigenvalue weighted by molar-refractivity contribution is -0.0155. The molecular formula is C15H19BrO2. The van der Waals surface area contributed by atoms with Crippen molar-refractivity contribution in [2.75, 3.05) is 0 Å². The Morgan fingerprint density at radius 3 is 2.78 bits per heavy atom. The average molecular weight is 311 g/mol. The molecule has 0 aromatic heterocycles. The molecular weight excluding hydrogens is 292 g/mol. The fourth-order valence-electron chi connectivity index (χ4n) is 3.49. The van der Waals surface area contributed by atoms with E-state index in [1.807, 2.05) is 18.2 Å². The summed E-state index contributed by atoms with van der Waals surface area (Å²) in [7, 11) is 0. The highest BCUT2D eigenvalue weighted by molar-refractivity contribution is 9.10. The molecule has 1 aromatic rings. The van der Waals surface area contributed by atoms with Crippen molar-refractivity contribution < 1.29 is 9.84 Å². The van der Waals surface area contributed by atoms with E-state index in [0.29, 0.717) is 5.41 Å². The first-order chi connectivity index (χ1) is 8.39. The Bertz CT molecular complexity index is 483. The molecule has 3 rings (SSSR count). The van der Waals surface area contributed by atoms with Crippen LogP contribution < -0.4 is 4.74 Å². The van der Waals surface area contributed by atoms with Crippen molar-refractivity contribution in [3.05, 3.63) is 28.2 Å². The van der Waals surface area contributed by atoms with Crippen molar-refractivity contribution in [2.24, 2.45) is 5.41 Å². The molecule has 1 saturated carbocycles. The number of hydrogen-bond acceptors (Lipinski definition) is 2. The van der Waals surface area contributed by atoms with Crippen LogP contribution in [0.4, 0.5) is 0 Å². The van der Waals surface area contributed by atoms with Crippen LogP contribution in [0.3, 0.4) is 0 Å². The monoisotopic (exact) mass is 310 g/mol. The normalized spacial score (nSPS) is 33.2. The van der Waals surface area contributed by atoms with E-state index in [4.69, 9.17) is 4.74 Å². The van der Waals surface area contributed by atoms with Crippen LogP contribution in [0, 0.1) is 5.41 Å². The SMILES string of the molecule is CC1(C)CCC2(C[C@H](O)c3cc(Br)ccc3O2)C1. The van der Waals surface area contributed by atoms with Crippen molar-refractivity contribution in [2.45, 2.75) is 51.2 Å². The van der Waals surface area contributed by atoms with Gasteiger partial charge >= 0.3 is 0 Å². The van der Waals surface area contributed by atoms with Crippen LogP contribution in [0.5, 0.6) is 5.75 Å². The number of hydrogen-bond donors (Lipinski definition) is 1. The lowest BCUT2D eigenvalue weighted by Gasteiger charge is -2.39. The Balaban J connectivity index is 1.95. The smallest absolute Gasteiger partial charge is 0.126 e. The standard InChI is InChI=1S/C15H19BrO2/c1-14(2)5-6-15(9-14)8-12(17)11-7-10(16)3-4-13(11)18-15/h3-4,7,12,17H,5-6,8-9H2,1-2H3/t12-,15?/m0/s1. The van der Waals surface area contributed by atoms with Crippen molar-refractivity contribution in [3.8, 4) is 5.75 Å². The molecule has 1 aliphatic heterocycles. The molecule has 0 radical (unpaired) electrons. The average Bonchev–Trinajstić information content (AvgIpc) is 2.56. The van der Waals surface area contributed by atoms with E-state index in [-0.39, 0.29) is 5.60 Å². The highest BCUT2D eigenvalue weighted by Crippen LogP contribution is 2.53. The predicted octanol–water partition coefficient (Wildman–Crippen LogP) is 4.21. The minimum Gasteiger partial charge on any atom is -0.487 e. The molecule has 2 atom stereocenters. The zero-order valence-corrected chi connectivity index (χ0v) is 12.5. The topological polar surface area (TPSA) is 29.5 Å². The summed E-state index contributed by atoms with van der Waals surface area (Å²) in [5, 5.41) is 10.4. The van der Waals surface area contributed by atoms with Gasteiger partial charge in [0, 0.05) is 16.5 Å². The third-order valence-corrected chi connectivity index (χ3v) is 4.77. The van der Waals surface area contributed by atoms with Crippen molar-refractivity contribution >= 4 is 15.9 Å². The lowest BCUT2D eigenvalue weighted by Crippen LogP contribution is -2.39. The maximum atomic E-state index is 10.4. The second-order valence-corrected chi connectivity index (χ2v) is 7.44. The number of benzene rings is 1. The zero-order valence-electron chi connectivity index (χ0n) is 10.9. The van der Waals surface area contributed by atoms with Gasteiger partial charge < -0.3 is 9.84 Å². The maximum Gasteiger partial charge on any atom is 0.126 e. The van der Waals surface area contributed by atoms with Crippen LogP contribution in [0.15, 0.2) is 22.7 Å². The second-order valence-electron chi connectivity index (χ2n) is 6.53. The van der Waals surface area contributed by atoms with Crippen molar-refractivity contribution in [1.82, 2.24) is 0 Å². The van der Waals surface area contributed by atoms with E-state index >= 15 is 0 Å². The Morgan fingerprint density at radius 1 is 1.33 bits per heavy atom. The molecule has 0 saturated heterocycles. The predicted molar refractivity (Wildman–Crippen MR) is 74.7 cm³/mol. The van der Waals surface area contributed by atoms with Crippen LogP contribution in [-0.2, 0) is 0 Å². The van der Waals surface area contributed by atoms with Gasteiger partial charge in [0.1, 0.15) is 11.4 Å². The maximum absolute atomic E-state index is 10.4. The van der Waals surface area contributed by atoms with Crippen LogP contribution in [0.2, 0.25) is 0 Å². The van der Waals surface area contributed by atoms with E-state index in [1.54, 1.807) is 0 Å². The van der Waals surface area contributed by atoms with Gasteiger partial charge in [0.15, 0.2) is 0 Å². The first kappa shape index (κ1) is 12.5. The summed E-state index contributed by atoms with van der Waals surface area (Å²) < 4.78 is 7.25. The summed E-state index contributed by atoms with van der Waals surface area (Å²) in [6, 6.07) is 5.91. The number of aliphatic hydroxyl groups is 1. The van der Waals surface area contributed by atoms with E-state index in [9.17, 15) is 5.11 Å². The Kier molecular flexibility index (Phi) is 2.76. The number of aliphatic hydroxyl groups excluding tert-OH is 1. The summed E-state index contributed by atoms with van der Waals surface area (Å²) in [5.41, 5.74) is 1.09. The van der Waals surface area contributed by atoms with E-state index in [1.165, 1.54) is 6.42 Å². The quantitative estimate of drug-likeness (QED) is 0.777. The Labute approximate surface area is 116 Å². The minimum absolute atomic E-state index is 0.149. The molecule has 0 amide bonds. The molecule has 0 bridgehead atoms. The summed E-state index contributed by atoms with van der Waals surface area (Å²) in [5.74, 6) is 0.856. The molecule has 3 heteroatoms. The minimum atomic E-state index is -0.403. The van der Waals surface area contributed by atoms with Gasteiger partial charge in [-0.3, -0.25) is 0 Å². The summed E-state index contributed by atoms with van der Waals surface area (Å²) >= 11 is 3.44. The molecule has 1 heterocycles. The van der Waals surface area contributed by atoms with Gasteiger partial charge in [-0.25, -0.2) is 0 Å². The van der Waals surface area contributed by atoms with Gasteiger partial charge in [-0.05, 0) is 42.9 Å². The fraction of sp³-hybridized carbons (Fsp3) is 0.600. The Morgan fingerprint density at radius 2 is 2.11 bits per heavy atom. The third kappa shape index (κ3) is 2.08. The van der Waals surface area contributed by atoms with Crippen LogP contribution in [0.25, 0.3) is 0 Å². The summed E-state index contributed by atoms with van der Waals surface area (Å²) in [6.45, 7) is 4.57. The van der Waals surface area contributed by atoms with Gasteiger partial charge in [0.25, 0.3) is 0 Å². The molecule has 1 fully saturated rings. The summed E-state index contributed by atoms with van der Waals surface area (Å²) in [6.07, 6.45) is 3.57. The van der Waals surface area contributed by atoms with Crippen molar-refractivity contribution in [1.29, 1.82) is 0 Å². The first-order valence-corrected chi connectivity index (χ1v) is 7.35. The van der Waals surface area contributed by atoms with Gasteiger partial charge in [0.2, 0.25) is 0 Å². The van der Waals surface area contributed by atoms with Gasteiger partial charge in [-0.15, -0.1) is 0 Å². The van der Waals surface area contributed by atoms with Gasteiger partial charge in [0.05, 0.1) is 6.10 Å². The molecule has 1 N–H and O–H groups in total. The number of halogens is 1. The molecule has 1 aliphatic carbocycles. The third-order valence-electron chi connectivity index (χ3n) is 4.28. The highest BCUT2D eigenvalue weighted by Gasteiger charge is 2.48. The molecule has 18 heavy (non-hydrogen) atoms. The number of fused-ring (bicyclic) bond motifs is 1. The van der Waals surface area contributed by atoms with E-state index in [0.717, 1.165) is 35.0 Å². The zero-order chi connectivity index (χ0) is 13.0. The van der Waals surface area contributed by atoms with Gasteiger partial charge in [-0.1, -0.05) is 29.8 Å².